The smallest absolute Gasteiger partial charge is 0.314 e. The van der Waals surface area contributed by atoms with Crippen molar-refractivity contribution >= 4 is 76.7 Å². The minimum atomic E-state index is -0.481. The van der Waals surface area contributed by atoms with Gasteiger partial charge >= 0.3 is 11.9 Å². The zero-order valence-electron chi connectivity index (χ0n) is 36.7. The van der Waals surface area contributed by atoms with Crippen LogP contribution in [0.3, 0.4) is 0 Å². The van der Waals surface area contributed by atoms with Crippen molar-refractivity contribution in [3.63, 3.8) is 0 Å². The summed E-state index contributed by atoms with van der Waals surface area (Å²) in [5.74, 6) is -2.70. The fraction of sp³-hybridized carbons (Fsp3) is 0.417. The summed E-state index contributed by atoms with van der Waals surface area (Å²) in [5.41, 5.74) is 1.58. The summed E-state index contributed by atoms with van der Waals surface area (Å²) in [6.45, 7) is 12.8. The molecule has 3 aliphatic heterocycles. The van der Waals surface area contributed by atoms with Crippen LogP contribution < -0.4 is 9.47 Å². The van der Waals surface area contributed by atoms with Gasteiger partial charge in [0.1, 0.15) is 17.2 Å². The molecule has 3 aromatic carbocycles. The maximum Gasteiger partial charge on any atom is 0.314 e. The Balaban J connectivity index is 1.54. The Morgan fingerprint density at radius 1 is 0.651 bits per heavy atom. The molecule has 0 saturated carbocycles. The minimum absolute atomic E-state index is 0.0380. The largest absolute Gasteiger partial charge is 0.424 e. The van der Waals surface area contributed by atoms with Crippen molar-refractivity contribution in [2.75, 3.05) is 13.1 Å². The van der Waals surface area contributed by atoms with Gasteiger partial charge in [-0.05, 0) is 50.7 Å². The highest BCUT2D eigenvalue weighted by Crippen LogP contribution is 2.69. The number of esters is 2. The van der Waals surface area contributed by atoms with E-state index in [0.29, 0.717) is 66.8 Å². The average molecular weight is 927 g/mol. The second-order valence-corrected chi connectivity index (χ2v) is 19.9. The molecule has 2 atom stereocenters. The molecule has 332 valence electrons. The third-order valence-electron chi connectivity index (χ3n) is 11.2. The number of hydrogen-bond donors (Lipinski definition) is 0. The molecule has 0 aliphatic carbocycles. The van der Waals surface area contributed by atoms with Crippen LogP contribution in [0.1, 0.15) is 104 Å². The number of fused-ring (bicyclic) bond motifs is 2. The Labute approximate surface area is 387 Å². The highest BCUT2D eigenvalue weighted by atomic mass is 32.2. The molecule has 11 nitrogen and oxygen atoms in total. The van der Waals surface area contributed by atoms with Gasteiger partial charge in [0.25, 0.3) is 17.7 Å². The van der Waals surface area contributed by atoms with E-state index in [-0.39, 0.29) is 35.7 Å². The number of carbonyl (C=O) groups excluding carboxylic acids is 5. The lowest BCUT2D eigenvalue weighted by atomic mass is 10.00. The van der Waals surface area contributed by atoms with Gasteiger partial charge in [-0.25, -0.2) is 10.0 Å². The van der Waals surface area contributed by atoms with E-state index in [1.165, 1.54) is 10.0 Å². The summed E-state index contributed by atoms with van der Waals surface area (Å²) < 4.78 is 13.6. The van der Waals surface area contributed by atoms with Crippen LogP contribution in [0, 0.1) is 23.2 Å². The van der Waals surface area contributed by atoms with Crippen LogP contribution in [-0.2, 0) is 37.1 Å². The highest BCUT2D eigenvalue weighted by molar-refractivity contribution is 8.26. The highest BCUT2D eigenvalue weighted by Gasteiger charge is 2.47. The summed E-state index contributed by atoms with van der Waals surface area (Å²) in [6.07, 6.45) is 5.81. The van der Waals surface area contributed by atoms with Crippen LogP contribution in [0.2, 0.25) is 0 Å². The predicted octanol–water partition coefficient (Wildman–Crippen LogP) is 11.1. The van der Waals surface area contributed by atoms with E-state index in [1.54, 1.807) is 4.90 Å². The molecule has 1 saturated heterocycles. The van der Waals surface area contributed by atoms with E-state index in [9.17, 15) is 29.2 Å². The summed E-state index contributed by atoms with van der Waals surface area (Å²) in [5, 5.41) is 13.4. The number of likely N-dealkylation sites (N-methyl/N-ethyl adjacent to an activating group) is 1. The molecule has 6 rings (SSSR count). The van der Waals surface area contributed by atoms with Crippen molar-refractivity contribution in [1.82, 2.24) is 14.9 Å². The first-order chi connectivity index (χ1) is 30.5. The molecule has 1 fully saturated rings. The quantitative estimate of drug-likeness (QED) is 0.0372. The zero-order valence-corrected chi connectivity index (χ0v) is 40.0. The molecule has 3 aliphatic rings. The van der Waals surface area contributed by atoms with E-state index < -0.39 is 41.5 Å². The number of unbranched alkanes of at least 4 members (excludes halogenated alkanes) is 2. The SMILES string of the molecule is CCCCC(CC)C(=O)Oc1c2c(c(OC(=O)C(CC)CCCC)c3c1SC(=C1C(=O)N(Cc4ccccc4)N(Cc4ccccc4)C1=O)S3)SC(=C(C#N)C(=O)N(CC)CC)S2. The van der Waals surface area contributed by atoms with Gasteiger partial charge in [0.05, 0.1) is 53.0 Å². The molecule has 0 spiro atoms. The Bertz CT molecular complexity index is 2190. The van der Waals surface area contributed by atoms with Crippen LogP contribution in [0.15, 0.2) is 99.9 Å². The molecule has 0 N–H and O–H groups in total. The van der Waals surface area contributed by atoms with E-state index in [4.69, 9.17) is 9.47 Å². The predicted molar refractivity (Wildman–Crippen MR) is 249 cm³/mol. The maximum atomic E-state index is 14.7. The fourth-order valence-corrected chi connectivity index (χ4v) is 12.9. The first-order valence-electron chi connectivity index (χ1n) is 21.8. The monoisotopic (exact) mass is 926 g/mol. The van der Waals surface area contributed by atoms with Gasteiger partial charge in [-0.15, -0.1) is 0 Å². The number of amides is 3. The van der Waals surface area contributed by atoms with Gasteiger partial charge in [0, 0.05) is 13.1 Å². The second-order valence-electron chi connectivity index (χ2n) is 15.3. The van der Waals surface area contributed by atoms with E-state index in [2.05, 4.69) is 19.9 Å². The summed E-state index contributed by atoms with van der Waals surface area (Å²) in [6, 6.07) is 21.1. The molecule has 63 heavy (non-hydrogen) atoms. The van der Waals surface area contributed by atoms with Crippen molar-refractivity contribution in [1.29, 1.82) is 5.26 Å². The maximum absolute atomic E-state index is 14.7. The molecular formula is C48H54N4O7S4. The summed E-state index contributed by atoms with van der Waals surface area (Å²) >= 11 is 4.52. The molecule has 3 heterocycles. The Morgan fingerprint density at radius 3 is 1.43 bits per heavy atom. The normalized spacial score (nSPS) is 15.3. The van der Waals surface area contributed by atoms with Gasteiger partial charge in [0.2, 0.25) is 0 Å². The molecule has 15 heteroatoms. The number of nitriles is 1. The lowest BCUT2D eigenvalue weighted by Crippen LogP contribution is -2.39. The van der Waals surface area contributed by atoms with Gasteiger partial charge in [-0.3, -0.25) is 24.0 Å². The molecule has 3 amide bonds. The molecular weight excluding hydrogens is 873 g/mol. The van der Waals surface area contributed by atoms with Crippen molar-refractivity contribution in [2.24, 2.45) is 11.8 Å². The van der Waals surface area contributed by atoms with Gasteiger partial charge in [-0.1, -0.05) is 161 Å². The molecule has 0 radical (unpaired) electrons. The third-order valence-corrected chi connectivity index (χ3v) is 16.4. The molecule has 0 aromatic heterocycles. The van der Waals surface area contributed by atoms with Crippen molar-refractivity contribution in [3.05, 3.63) is 91.4 Å². The minimum Gasteiger partial charge on any atom is -0.424 e. The van der Waals surface area contributed by atoms with E-state index in [1.807, 2.05) is 88.4 Å². The van der Waals surface area contributed by atoms with Crippen LogP contribution in [0.4, 0.5) is 0 Å². The van der Waals surface area contributed by atoms with Gasteiger partial charge in [-0.2, -0.15) is 5.26 Å². The Kier molecular flexibility index (Phi) is 17.0. The first kappa shape index (κ1) is 47.8. The van der Waals surface area contributed by atoms with Crippen molar-refractivity contribution in [2.45, 2.75) is 126 Å². The number of thioether (sulfide) groups is 4. The molecule has 3 aromatic rings. The second kappa shape index (κ2) is 22.3. The van der Waals surface area contributed by atoms with Crippen LogP contribution in [0.25, 0.3) is 0 Å². The standard InChI is InChI=1S/C48H54N4O7S4/c1-7-13-25-32(9-3)45(56)58-36-38-39(61-47(60-38)34(27-49)42(53)50(11-5)12-6)37(59-46(57)33(10-4)26-14-8-2)41-40(36)62-48(63-41)35-43(54)51(28-30-21-17-15-18-22-30)52(44(35)55)29-31-23-19-16-20-24-31/h15-24,32-33H,7-14,25-26,28-29H2,1-6H3. The fourth-order valence-electron chi connectivity index (χ4n) is 7.46. The average Bonchev–Trinajstić information content (AvgIpc) is 3.99. The van der Waals surface area contributed by atoms with Crippen LogP contribution >= 0.6 is 47.0 Å². The number of benzene rings is 3. The van der Waals surface area contributed by atoms with Crippen molar-refractivity contribution in [3.8, 4) is 17.6 Å². The van der Waals surface area contributed by atoms with Gasteiger partial charge in [0.15, 0.2) is 11.5 Å². The zero-order chi connectivity index (χ0) is 45.2. The third kappa shape index (κ3) is 10.5. The summed E-state index contributed by atoms with van der Waals surface area (Å²) in [7, 11) is 0. The lowest BCUT2D eigenvalue weighted by Gasteiger charge is -2.27. The van der Waals surface area contributed by atoms with E-state index in [0.717, 1.165) is 83.9 Å². The summed E-state index contributed by atoms with van der Waals surface area (Å²) in [4.78, 5) is 74.7. The van der Waals surface area contributed by atoms with E-state index >= 15 is 0 Å². The lowest BCUT2D eigenvalue weighted by molar-refractivity contribution is -0.149. The topological polar surface area (TPSA) is 137 Å². The number of hydrazine groups is 1. The molecule has 0 bridgehead atoms. The molecule has 2 unspecified atom stereocenters. The number of carbonyl (C=O) groups is 5. The number of rotatable bonds is 19. The number of hydrogen-bond acceptors (Lipinski definition) is 12. The number of ether oxygens (including phenoxy) is 2. The number of nitrogens with zero attached hydrogens (tertiary/aromatic N) is 4. The Hall–Kier alpha value is -4.62. The van der Waals surface area contributed by atoms with Gasteiger partial charge < -0.3 is 14.4 Å². The van der Waals surface area contributed by atoms with Crippen LogP contribution in [-0.4, -0.2) is 57.7 Å². The first-order valence-corrected chi connectivity index (χ1v) is 25.1. The van der Waals surface area contributed by atoms with Crippen LogP contribution in [0.5, 0.6) is 11.5 Å². The van der Waals surface area contributed by atoms with Crippen molar-refractivity contribution < 1.29 is 33.4 Å². The Morgan fingerprint density at radius 2 is 1.06 bits per heavy atom.